The van der Waals surface area contributed by atoms with Gasteiger partial charge in [0.15, 0.2) is 0 Å². The van der Waals surface area contributed by atoms with E-state index in [0.29, 0.717) is 19.4 Å². The van der Waals surface area contributed by atoms with Crippen LogP contribution in [0.15, 0.2) is 54.6 Å². The first-order valence-corrected chi connectivity index (χ1v) is 8.71. The fourth-order valence-electron chi connectivity index (χ4n) is 2.32. The Hall–Kier alpha value is -2.82. The lowest BCUT2D eigenvalue weighted by Gasteiger charge is -2.19. The Morgan fingerprint density at radius 3 is 2.19 bits per heavy atom. The zero-order chi connectivity index (χ0) is 19.0. The van der Waals surface area contributed by atoms with Crippen LogP contribution in [0, 0.1) is 0 Å². The van der Waals surface area contributed by atoms with Crippen molar-refractivity contribution in [3.05, 3.63) is 65.7 Å². The Kier molecular flexibility index (Phi) is 6.78. The minimum atomic E-state index is -0.516. The molecule has 2 amide bonds. The van der Waals surface area contributed by atoms with E-state index < -0.39 is 11.7 Å². The standard InChI is InChI=1S/C21H26N2O3/c1-21(2,3)26-20(25)22-15-17-9-12-18(13-10-17)23-19(24)14-11-16-7-5-4-6-8-16/h4-10,12-13H,11,14-15H2,1-3H3,(H,22,25)(H,23,24). The number of carbonyl (C=O) groups excluding carboxylic acids is 2. The van der Waals surface area contributed by atoms with E-state index >= 15 is 0 Å². The number of hydrogen-bond acceptors (Lipinski definition) is 3. The Labute approximate surface area is 154 Å². The van der Waals surface area contributed by atoms with E-state index in [1.165, 1.54) is 0 Å². The third-order valence-corrected chi connectivity index (χ3v) is 3.56. The second-order valence-electron chi connectivity index (χ2n) is 7.09. The number of anilines is 1. The molecule has 138 valence electrons. The van der Waals surface area contributed by atoms with E-state index in [1.54, 1.807) is 0 Å². The van der Waals surface area contributed by atoms with Gasteiger partial charge in [-0.15, -0.1) is 0 Å². The molecular weight excluding hydrogens is 328 g/mol. The van der Waals surface area contributed by atoms with Crippen LogP contribution in [-0.2, 0) is 22.5 Å². The monoisotopic (exact) mass is 354 g/mol. The van der Waals surface area contributed by atoms with Gasteiger partial charge in [-0.05, 0) is 50.5 Å². The maximum absolute atomic E-state index is 12.0. The van der Waals surface area contributed by atoms with E-state index in [0.717, 1.165) is 16.8 Å². The number of amides is 2. The van der Waals surface area contributed by atoms with Crippen molar-refractivity contribution < 1.29 is 14.3 Å². The van der Waals surface area contributed by atoms with Crippen LogP contribution in [0.3, 0.4) is 0 Å². The summed E-state index contributed by atoms with van der Waals surface area (Å²) in [5, 5.41) is 5.59. The van der Waals surface area contributed by atoms with Gasteiger partial charge in [-0.1, -0.05) is 42.5 Å². The van der Waals surface area contributed by atoms with Gasteiger partial charge < -0.3 is 15.4 Å². The van der Waals surface area contributed by atoms with Crippen LogP contribution in [0.2, 0.25) is 0 Å². The number of rotatable bonds is 6. The lowest BCUT2D eigenvalue weighted by atomic mass is 10.1. The molecule has 2 N–H and O–H groups in total. The summed E-state index contributed by atoms with van der Waals surface area (Å²) < 4.78 is 5.19. The minimum Gasteiger partial charge on any atom is -0.444 e. The highest BCUT2D eigenvalue weighted by Gasteiger charge is 2.15. The maximum atomic E-state index is 12.0. The van der Waals surface area contributed by atoms with Gasteiger partial charge in [0.1, 0.15) is 5.60 Å². The highest BCUT2D eigenvalue weighted by molar-refractivity contribution is 5.90. The Morgan fingerprint density at radius 2 is 1.58 bits per heavy atom. The smallest absolute Gasteiger partial charge is 0.407 e. The summed E-state index contributed by atoms with van der Waals surface area (Å²) in [5.74, 6) is -0.0199. The van der Waals surface area contributed by atoms with Gasteiger partial charge in [0, 0.05) is 18.7 Å². The summed E-state index contributed by atoms with van der Waals surface area (Å²) >= 11 is 0. The first-order chi connectivity index (χ1) is 12.3. The molecular formula is C21H26N2O3. The lowest BCUT2D eigenvalue weighted by molar-refractivity contribution is -0.116. The van der Waals surface area contributed by atoms with E-state index in [2.05, 4.69) is 10.6 Å². The van der Waals surface area contributed by atoms with Crippen LogP contribution in [-0.4, -0.2) is 17.6 Å². The van der Waals surface area contributed by atoms with Crippen molar-refractivity contribution in [3.63, 3.8) is 0 Å². The third-order valence-electron chi connectivity index (χ3n) is 3.56. The predicted octanol–water partition coefficient (Wildman–Crippen LogP) is 4.28. The molecule has 0 radical (unpaired) electrons. The molecule has 0 spiro atoms. The zero-order valence-corrected chi connectivity index (χ0v) is 15.5. The van der Waals surface area contributed by atoms with E-state index in [9.17, 15) is 9.59 Å². The van der Waals surface area contributed by atoms with Gasteiger partial charge >= 0.3 is 6.09 Å². The topological polar surface area (TPSA) is 67.4 Å². The summed E-state index contributed by atoms with van der Waals surface area (Å²) in [6.45, 7) is 5.84. The van der Waals surface area contributed by atoms with Crippen LogP contribution in [0.5, 0.6) is 0 Å². The number of aryl methyl sites for hydroxylation is 1. The van der Waals surface area contributed by atoms with Crippen LogP contribution < -0.4 is 10.6 Å². The number of hydrogen-bond donors (Lipinski definition) is 2. The van der Waals surface area contributed by atoms with E-state index in [1.807, 2.05) is 75.4 Å². The van der Waals surface area contributed by atoms with Crippen LogP contribution in [0.25, 0.3) is 0 Å². The van der Waals surface area contributed by atoms with Crippen molar-refractivity contribution in [2.24, 2.45) is 0 Å². The van der Waals surface area contributed by atoms with E-state index in [-0.39, 0.29) is 5.91 Å². The molecule has 0 unspecified atom stereocenters. The molecule has 2 aromatic carbocycles. The Morgan fingerprint density at radius 1 is 0.923 bits per heavy atom. The molecule has 0 atom stereocenters. The molecule has 0 aliphatic rings. The molecule has 0 heterocycles. The lowest BCUT2D eigenvalue weighted by Crippen LogP contribution is -2.32. The molecule has 0 aliphatic carbocycles. The van der Waals surface area contributed by atoms with Crippen molar-refractivity contribution >= 4 is 17.7 Å². The summed E-state index contributed by atoms with van der Waals surface area (Å²) in [5.41, 5.74) is 2.30. The molecule has 2 aromatic rings. The molecule has 0 saturated heterocycles. The van der Waals surface area contributed by atoms with Gasteiger partial charge in [-0.3, -0.25) is 4.79 Å². The molecule has 5 nitrogen and oxygen atoms in total. The molecule has 2 rings (SSSR count). The van der Waals surface area contributed by atoms with Crippen molar-refractivity contribution in [2.45, 2.75) is 45.8 Å². The zero-order valence-electron chi connectivity index (χ0n) is 15.5. The van der Waals surface area contributed by atoms with Gasteiger partial charge in [0.05, 0.1) is 0 Å². The number of ether oxygens (including phenoxy) is 1. The molecule has 0 aromatic heterocycles. The van der Waals surface area contributed by atoms with Crippen molar-refractivity contribution in [1.82, 2.24) is 5.32 Å². The number of alkyl carbamates (subject to hydrolysis) is 1. The fraction of sp³-hybridized carbons (Fsp3) is 0.333. The van der Waals surface area contributed by atoms with Crippen molar-refractivity contribution in [1.29, 1.82) is 0 Å². The first kappa shape index (κ1) is 19.5. The van der Waals surface area contributed by atoms with Gasteiger partial charge in [0.25, 0.3) is 0 Å². The molecule has 5 heteroatoms. The first-order valence-electron chi connectivity index (χ1n) is 8.71. The van der Waals surface area contributed by atoms with Gasteiger partial charge in [0.2, 0.25) is 5.91 Å². The molecule has 26 heavy (non-hydrogen) atoms. The van der Waals surface area contributed by atoms with Crippen LogP contribution in [0.4, 0.5) is 10.5 Å². The summed E-state index contributed by atoms with van der Waals surface area (Å²) in [4.78, 5) is 23.7. The largest absolute Gasteiger partial charge is 0.444 e. The van der Waals surface area contributed by atoms with Gasteiger partial charge in [-0.2, -0.15) is 0 Å². The molecule has 0 saturated carbocycles. The third kappa shape index (κ3) is 7.38. The second-order valence-corrected chi connectivity index (χ2v) is 7.09. The van der Waals surface area contributed by atoms with Crippen molar-refractivity contribution in [3.8, 4) is 0 Å². The highest BCUT2D eigenvalue weighted by atomic mass is 16.6. The normalized spacial score (nSPS) is 10.9. The van der Waals surface area contributed by atoms with Crippen molar-refractivity contribution in [2.75, 3.05) is 5.32 Å². The average Bonchev–Trinajstić information content (AvgIpc) is 2.59. The second kappa shape index (κ2) is 9.04. The van der Waals surface area contributed by atoms with Crippen LogP contribution in [0.1, 0.15) is 38.3 Å². The van der Waals surface area contributed by atoms with E-state index in [4.69, 9.17) is 4.74 Å². The summed E-state index contributed by atoms with van der Waals surface area (Å²) in [7, 11) is 0. The van der Waals surface area contributed by atoms with Gasteiger partial charge in [-0.25, -0.2) is 4.79 Å². The summed E-state index contributed by atoms with van der Waals surface area (Å²) in [6, 6.07) is 17.3. The average molecular weight is 354 g/mol. The molecule has 0 aliphatic heterocycles. The highest BCUT2D eigenvalue weighted by Crippen LogP contribution is 2.12. The Balaban J connectivity index is 1.76. The van der Waals surface area contributed by atoms with Crippen LogP contribution >= 0.6 is 0 Å². The summed E-state index contributed by atoms with van der Waals surface area (Å²) in [6.07, 6.45) is 0.701. The molecule has 0 bridgehead atoms. The fourth-order valence-corrected chi connectivity index (χ4v) is 2.32. The maximum Gasteiger partial charge on any atom is 0.407 e. The minimum absolute atomic E-state index is 0.0199. The quantitative estimate of drug-likeness (QED) is 0.813. The SMILES string of the molecule is CC(C)(C)OC(=O)NCc1ccc(NC(=O)CCc2ccccc2)cc1. The molecule has 0 fully saturated rings. The number of nitrogens with one attached hydrogen (secondary N) is 2. The number of benzene rings is 2. The predicted molar refractivity (Wildman–Crippen MR) is 103 cm³/mol. The number of carbonyl (C=O) groups is 2. The Bertz CT molecular complexity index is 719.